The van der Waals surface area contributed by atoms with E-state index < -0.39 is 5.91 Å². The fourth-order valence-corrected chi connectivity index (χ4v) is 1.78. The van der Waals surface area contributed by atoms with Crippen molar-refractivity contribution in [2.24, 2.45) is 16.9 Å². The zero-order chi connectivity index (χ0) is 12.2. The first-order valence-electron chi connectivity index (χ1n) is 5.83. The first kappa shape index (κ1) is 13.0. The van der Waals surface area contributed by atoms with Gasteiger partial charge in [0.25, 0.3) is 0 Å². The molecule has 92 valence electrons. The summed E-state index contributed by atoms with van der Waals surface area (Å²) in [7, 11) is 0. The molecular weight excluding hydrogens is 206 g/mol. The number of hydrogen-bond donors (Lipinski definition) is 2. The van der Waals surface area contributed by atoms with Crippen molar-refractivity contribution in [2.45, 2.75) is 32.6 Å². The van der Waals surface area contributed by atoms with Gasteiger partial charge >= 0.3 is 0 Å². The Morgan fingerprint density at radius 1 is 1.38 bits per heavy atom. The SMILES string of the molecule is CCCCN(CC(N)=O)C(=O)C1(CN)CC1. The van der Waals surface area contributed by atoms with Gasteiger partial charge in [-0.15, -0.1) is 0 Å². The molecule has 0 spiro atoms. The molecule has 5 nitrogen and oxygen atoms in total. The fourth-order valence-electron chi connectivity index (χ4n) is 1.78. The minimum atomic E-state index is -0.461. The molecule has 0 aliphatic heterocycles. The molecule has 0 bridgehead atoms. The van der Waals surface area contributed by atoms with Crippen LogP contribution in [0.1, 0.15) is 32.6 Å². The van der Waals surface area contributed by atoms with Crippen LogP contribution in [0, 0.1) is 5.41 Å². The molecule has 1 aliphatic carbocycles. The highest BCUT2D eigenvalue weighted by molar-refractivity contribution is 5.89. The lowest BCUT2D eigenvalue weighted by Crippen LogP contribution is -2.45. The number of carbonyl (C=O) groups excluding carboxylic acids is 2. The molecule has 1 rings (SSSR count). The molecule has 1 saturated carbocycles. The van der Waals surface area contributed by atoms with Crippen LogP contribution in [0.3, 0.4) is 0 Å². The van der Waals surface area contributed by atoms with Crippen molar-refractivity contribution in [2.75, 3.05) is 19.6 Å². The second-order valence-electron chi connectivity index (χ2n) is 4.53. The van der Waals surface area contributed by atoms with E-state index in [9.17, 15) is 9.59 Å². The Morgan fingerprint density at radius 2 is 2.00 bits per heavy atom. The van der Waals surface area contributed by atoms with Gasteiger partial charge in [0.1, 0.15) is 0 Å². The van der Waals surface area contributed by atoms with E-state index in [1.165, 1.54) is 0 Å². The quantitative estimate of drug-likeness (QED) is 0.633. The van der Waals surface area contributed by atoms with Crippen molar-refractivity contribution in [3.63, 3.8) is 0 Å². The van der Waals surface area contributed by atoms with Gasteiger partial charge in [-0.2, -0.15) is 0 Å². The molecule has 0 radical (unpaired) electrons. The molecule has 16 heavy (non-hydrogen) atoms. The molecular formula is C11H21N3O2. The second-order valence-corrected chi connectivity index (χ2v) is 4.53. The summed E-state index contributed by atoms with van der Waals surface area (Å²) in [5.74, 6) is -0.459. The number of hydrogen-bond acceptors (Lipinski definition) is 3. The summed E-state index contributed by atoms with van der Waals surface area (Å²) in [5.41, 5.74) is 10.4. The van der Waals surface area contributed by atoms with Crippen molar-refractivity contribution in [1.29, 1.82) is 0 Å². The molecule has 0 saturated heterocycles. The fraction of sp³-hybridized carbons (Fsp3) is 0.818. The van der Waals surface area contributed by atoms with Gasteiger partial charge in [0.05, 0.1) is 12.0 Å². The second kappa shape index (κ2) is 5.30. The Kier molecular flexibility index (Phi) is 4.29. The molecule has 0 unspecified atom stereocenters. The lowest BCUT2D eigenvalue weighted by Gasteiger charge is -2.25. The molecule has 1 fully saturated rings. The van der Waals surface area contributed by atoms with Gasteiger partial charge in [0.15, 0.2) is 0 Å². The third kappa shape index (κ3) is 2.95. The number of amides is 2. The standard InChI is InChI=1S/C11H21N3O2/c1-2-3-6-14(7-9(13)15)10(16)11(8-12)4-5-11/h2-8,12H2,1H3,(H2,13,15). The average molecular weight is 227 g/mol. The molecule has 4 N–H and O–H groups in total. The van der Waals surface area contributed by atoms with Gasteiger partial charge < -0.3 is 16.4 Å². The van der Waals surface area contributed by atoms with Crippen LogP contribution in [0.4, 0.5) is 0 Å². The lowest BCUT2D eigenvalue weighted by atomic mass is 10.1. The zero-order valence-electron chi connectivity index (χ0n) is 9.87. The highest BCUT2D eigenvalue weighted by Gasteiger charge is 2.50. The van der Waals surface area contributed by atoms with E-state index in [0.29, 0.717) is 13.1 Å². The maximum absolute atomic E-state index is 12.1. The van der Waals surface area contributed by atoms with Crippen LogP contribution in [0.2, 0.25) is 0 Å². The summed E-state index contributed by atoms with van der Waals surface area (Å²) in [6.07, 6.45) is 3.55. The van der Waals surface area contributed by atoms with Crippen LogP contribution in [-0.2, 0) is 9.59 Å². The van der Waals surface area contributed by atoms with E-state index >= 15 is 0 Å². The minimum Gasteiger partial charge on any atom is -0.368 e. The van der Waals surface area contributed by atoms with E-state index in [-0.39, 0.29) is 17.9 Å². The van der Waals surface area contributed by atoms with Crippen LogP contribution >= 0.6 is 0 Å². The molecule has 0 atom stereocenters. The summed E-state index contributed by atoms with van der Waals surface area (Å²) in [4.78, 5) is 24.6. The summed E-state index contributed by atoms with van der Waals surface area (Å²) in [6, 6.07) is 0. The zero-order valence-corrected chi connectivity index (χ0v) is 9.87. The summed E-state index contributed by atoms with van der Waals surface area (Å²) >= 11 is 0. The first-order valence-corrected chi connectivity index (χ1v) is 5.83. The highest BCUT2D eigenvalue weighted by Crippen LogP contribution is 2.46. The van der Waals surface area contributed by atoms with Gasteiger partial charge in [-0.25, -0.2) is 0 Å². The van der Waals surface area contributed by atoms with Crippen LogP contribution in [0.5, 0.6) is 0 Å². The predicted octanol–water partition coefficient (Wildman–Crippen LogP) is -0.161. The van der Waals surface area contributed by atoms with Gasteiger partial charge in [0.2, 0.25) is 11.8 Å². The normalized spacial score (nSPS) is 16.9. The molecule has 0 aromatic carbocycles. The van der Waals surface area contributed by atoms with Crippen molar-refractivity contribution in [1.82, 2.24) is 4.90 Å². The van der Waals surface area contributed by atoms with Crippen LogP contribution < -0.4 is 11.5 Å². The first-order chi connectivity index (χ1) is 7.55. The van der Waals surface area contributed by atoms with Crippen molar-refractivity contribution >= 4 is 11.8 Å². The number of rotatable bonds is 7. The maximum atomic E-state index is 12.1. The van der Waals surface area contributed by atoms with E-state index in [4.69, 9.17) is 11.5 Å². The highest BCUT2D eigenvalue weighted by atomic mass is 16.2. The average Bonchev–Trinajstić information content (AvgIpc) is 3.03. The van der Waals surface area contributed by atoms with Gasteiger partial charge in [-0.1, -0.05) is 13.3 Å². The number of unbranched alkanes of at least 4 members (excludes halogenated alkanes) is 1. The van der Waals surface area contributed by atoms with Crippen molar-refractivity contribution in [3.8, 4) is 0 Å². The van der Waals surface area contributed by atoms with E-state index in [2.05, 4.69) is 0 Å². The summed E-state index contributed by atoms with van der Waals surface area (Å²) in [5, 5.41) is 0. The number of carbonyl (C=O) groups is 2. The number of primary amides is 1. The van der Waals surface area contributed by atoms with Gasteiger partial charge in [-0.3, -0.25) is 9.59 Å². The van der Waals surface area contributed by atoms with Crippen molar-refractivity contribution < 1.29 is 9.59 Å². The third-order valence-corrected chi connectivity index (χ3v) is 3.11. The Bertz CT molecular complexity index is 274. The van der Waals surface area contributed by atoms with Gasteiger partial charge in [-0.05, 0) is 19.3 Å². The van der Waals surface area contributed by atoms with E-state index in [1.807, 2.05) is 6.92 Å². The predicted molar refractivity (Wildman–Crippen MR) is 61.4 cm³/mol. The van der Waals surface area contributed by atoms with E-state index in [0.717, 1.165) is 25.7 Å². The van der Waals surface area contributed by atoms with Crippen molar-refractivity contribution in [3.05, 3.63) is 0 Å². The van der Waals surface area contributed by atoms with E-state index in [1.54, 1.807) is 4.90 Å². The maximum Gasteiger partial charge on any atom is 0.237 e. The van der Waals surface area contributed by atoms with Crippen LogP contribution in [0.25, 0.3) is 0 Å². The molecule has 0 heterocycles. The largest absolute Gasteiger partial charge is 0.368 e. The molecule has 2 amide bonds. The number of nitrogens with zero attached hydrogens (tertiary/aromatic N) is 1. The molecule has 5 heteroatoms. The smallest absolute Gasteiger partial charge is 0.237 e. The topological polar surface area (TPSA) is 89.4 Å². The van der Waals surface area contributed by atoms with Gasteiger partial charge in [0, 0.05) is 13.1 Å². The lowest BCUT2D eigenvalue weighted by molar-refractivity contribution is -0.139. The number of nitrogens with two attached hydrogens (primary N) is 2. The molecule has 0 aromatic rings. The van der Waals surface area contributed by atoms with Crippen LogP contribution in [0.15, 0.2) is 0 Å². The monoisotopic (exact) mass is 227 g/mol. The Labute approximate surface area is 96.1 Å². The Morgan fingerprint density at radius 3 is 2.38 bits per heavy atom. The minimum absolute atomic E-state index is 0.00208. The Balaban J connectivity index is 2.60. The molecule has 0 aromatic heterocycles. The third-order valence-electron chi connectivity index (χ3n) is 3.11. The molecule has 1 aliphatic rings. The summed E-state index contributed by atoms with van der Waals surface area (Å²) in [6.45, 7) is 3.02. The Hall–Kier alpha value is -1.10. The van der Waals surface area contributed by atoms with Crippen LogP contribution in [-0.4, -0.2) is 36.3 Å². The summed E-state index contributed by atoms with van der Waals surface area (Å²) < 4.78 is 0.